The highest BCUT2D eigenvalue weighted by molar-refractivity contribution is 4.91. The Labute approximate surface area is 127 Å². The van der Waals surface area contributed by atoms with E-state index in [0.717, 1.165) is 45.1 Å². The van der Waals surface area contributed by atoms with Gasteiger partial charge in [0.1, 0.15) is 0 Å². The predicted octanol–water partition coefficient (Wildman–Crippen LogP) is 1.13. The van der Waals surface area contributed by atoms with Crippen molar-refractivity contribution in [2.24, 2.45) is 5.92 Å². The minimum atomic E-state index is 0.471. The molecule has 2 heterocycles. The van der Waals surface area contributed by atoms with Crippen LogP contribution in [0.4, 0.5) is 0 Å². The van der Waals surface area contributed by atoms with Gasteiger partial charge in [-0.1, -0.05) is 19.1 Å². The van der Waals surface area contributed by atoms with Gasteiger partial charge >= 0.3 is 0 Å². The monoisotopic (exact) mass is 295 g/mol. The van der Waals surface area contributed by atoms with Crippen molar-refractivity contribution < 1.29 is 4.74 Å². The van der Waals surface area contributed by atoms with Gasteiger partial charge in [0.25, 0.3) is 0 Å². The molecule has 0 aromatic carbocycles. The molecule has 0 saturated carbocycles. The van der Waals surface area contributed by atoms with E-state index in [1.165, 1.54) is 12.8 Å². The molecule has 1 aromatic rings. The first kappa shape index (κ1) is 16.4. The van der Waals surface area contributed by atoms with Gasteiger partial charge in [0, 0.05) is 38.5 Å². The molecular formula is C15H29N5O. The van der Waals surface area contributed by atoms with E-state index in [-0.39, 0.29) is 0 Å². The molecule has 1 fully saturated rings. The van der Waals surface area contributed by atoms with Crippen LogP contribution in [0.5, 0.6) is 0 Å². The molecule has 120 valence electrons. The number of rotatable bonds is 8. The van der Waals surface area contributed by atoms with Gasteiger partial charge in [-0.3, -0.25) is 4.68 Å². The molecule has 1 saturated heterocycles. The van der Waals surface area contributed by atoms with Crippen LogP contribution >= 0.6 is 0 Å². The van der Waals surface area contributed by atoms with E-state index in [9.17, 15) is 0 Å². The standard InChI is InChI=1S/C15H29N5O/c1-13(2)16-9-15-11-20(18-17-15)7-6-19(3)10-14-5-4-8-21-12-14/h11,13-14,16H,4-10,12H2,1-3H3. The van der Waals surface area contributed by atoms with E-state index in [1.807, 2.05) is 10.9 Å². The smallest absolute Gasteiger partial charge is 0.0964 e. The van der Waals surface area contributed by atoms with Gasteiger partial charge < -0.3 is 15.0 Å². The van der Waals surface area contributed by atoms with Crippen LogP contribution in [0.3, 0.4) is 0 Å². The Morgan fingerprint density at radius 1 is 1.52 bits per heavy atom. The van der Waals surface area contributed by atoms with E-state index in [0.29, 0.717) is 12.0 Å². The summed E-state index contributed by atoms with van der Waals surface area (Å²) in [5.41, 5.74) is 1.01. The summed E-state index contributed by atoms with van der Waals surface area (Å²) in [6.07, 6.45) is 4.53. The van der Waals surface area contributed by atoms with Crippen molar-refractivity contribution in [3.63, 3.8) is 0 Å². The first-order valence-electron chi connectivity index (χ1n) is 8.02. The quantitative estimate of drug-likeness (QED) is 0.779. The molecular weight excluding hydrogens is 266 g/mol. The Morgan fingerprint density at radius 2 is 2.38 bits per heavy atom. The summed E-state index contributed by atoms with van der Waals surface area (Å²) in [5.74, 6) is 0.685. The number of likely N-dealkylation sites (N-methyl/N-ethyl adjacent to an activating group) is 1. The summed E-state index contributed by atoms with van der Waals surface area (Å²) >= 11 is 0. The highest BCUT2D eigenvalue weighted by Gasteiger charge is 2.15. The second-order valence-electron chi connectivity index (χ2n) is 6.35. The Kier molecular flexibility index (Phi) is 6.60. The number of nitrogens with zero attached hydrogens (tertiary/aromatic N) is 4. The highest BCUT2D eigenvalue weighted by Crippen LogP contribution is 2.14. The van der Waals surface area contributed by atoms with Gasteiger partial charge in [-0.15, -0.1) is 5.10 Å². The van der Waals surface area contributed by atoms with Crippen LogP contribution in [0.15, 0.2) is 6.20 Å². The number of nitrogens with one attached hydrogen (secondary N) is 1. The van der Waals surface area contributed by atoms with E-state index < -0.39 is 0 Å². The van der Waals surface area contributed by atoms with Crippen molar-refractivity contribution in [3.05, 3.63) is 11.9 Å². The first-order chi connectivity index (χ1) is 10.1. The lowest BCUT2D eigenvalue weighted by atomic mass is 10.0. The maximum atomic E-state index is 5.53. The zero-order chi connectivity index (χ0) is 15.1. The van der Waals surface area contributed by atoms with Crippen molar-refractivity contribution in [2.75, 3.05) is 33.4 Å². The van der Waals surface area contributed by atoms with Gasteiger partial charge in [-0.05, 0) is 25.8 Å². The van der Waals surface area contributed by atoms with Crippen molar-refractivity contribution >= 4 is 0 Å². The van der Waals surface area contributed by atoms with E-state index in [2.05, 4.69) is 41.4 Å². The van der Waals surface area contributed by atoms with Crippen LogP contribution in [0.25, 0.3) is 0 Å². The fourth-order valence-corrected chi connectivity index (χ4v) is 2.59. The predicted molar refractivity (Wildman–Crippen MR) is 83.0 cm³/mol. The molecule has 1 aliphatic heterocycles. The van der Waals surface area contributed by atoms with Gasteiger partial charge in [0.05, 0.1) is 18.8 Å². The number of hydrogen-bond donors (Lipinski definition) is 1. The number of ether oxygens (including phenoxy) is 1. The third-order valence-corrected chi connectivity index (χ3v) is 3.81. The molecule has 0 aliphatic carbocycles. The molecule has 21 heavy (non-hydrogen) atoms. The van der Waals surface area contributed by atoms with Gasteiger partial charge in [-0.2, -0.15) is 0 Å². The average molecular weight is 295 g/mol. The van der Waals surface area contributed by atoms with Crippen LogP contribution in [0.2, 0.25) is 0 Å². The normalized spacial score (nSPS) is 19.6. The van der Waals surface area contributed by atoms with Crippen LogP contribution < -0.4 is 5.32 Å². The molecule has 0 spiro atoms. The van der Waals surface area contributed by atoms with Gasteiger partial charge in [0.15, 0.2) is 0 Å². The summed E-state index contributed by atoms with van der Waals surface area (Å²) in [6, 6.07) is 0.471. The minimum absolute atomic E-state index is 0.471. The number of hydrogen-bond acceptors (Lipinski definition) is 5. The lowest BCUT2D eigenvalue weighted by Crippen LogP contribution is -2.33. The third-order valence-electron chi connectivity index (χ3n) is 3.81. The lowest BCUT2D eigenvalue weighted by molar-refractivity contribution is 0.0416. The fraction of sp³-hybridized carbons (Fsp3) is 0.867. The zero-order valence-corrected chi connectivity index (χ0v) is 13.6. The first-order valence-corrected chi connectivity index (χ1v) is 8.02. The Hall–Kier alpha value is -0.980. The average Bonchev–Trinajstić information content (AvgIpc) is 2.92. The van der Waals surface area contributed by atoms with Crippen LogP contribution in [-0.4, -0.2) is 59.3 Å². The van der Waals surface area contributed by atoms with Crippen LogP contribution in [-0.2, 0) is 17.8 Å². The summed E-state index contributed by atoms with van der Waals surface area (Å²) in [4.78, 5) is 2.37. The number of aromatic nitrogens is 3. The summed E-state index contributed by atoms with van der Waals surface area (Å²) in [7, 11) is 2.17. The van der Waals surface area contributed by atoms with E-state index in [4.69, 9.17) is 4.74 Å². The largest absolute Gasteiger partial charge is 0.381 e. The Balaban J connectivity index is 1.67. The van der Waals surface area contributed by atoms with E-state index >= 15 is 0 Å². The van der Waals surface area contributed by atoms with Crippen molar-refractivity contribution in [1.82, 2.24) is 25.2 Å². The second-order valence-corrected chi connectivity index (χ2v) is 6.35. The maximum absolute atomic E-state index is 5.53. The maximum Gasteiger partial charge on any atom is 0.0964 e. The van der Waals surface area contributed by atoms with Gasteiger partial charge in [0.2, 0.25) is 0 Å². The lowest BCUT2D eigenvalue weighted by Gasteiger charge is -2.26. The topological polar surface area (TPSA) is 55.2 Å². The minimum Gasteiger partial charge on any atom is -0.381 e. The van der Waals surface area contributed by atoms with Gasteiger partial charge in [-0.25, -0.2) is 0 Å². The van der Waals surface area contributed by atoms with Crippen LogP contribution in [0.1, 0.15) is 32.4 Å². The van der Waals surface area contributed by atoms with Crippen molar-refractivity contribution in [1.29, 1.82) is 0 Å². The molecule has 6 heteroatoms. The molecule has 1 aliphatic rings. The molecule has 6 nitrogen and oxygen atoms in total. The van der Waals surface area contributed by atoms with E-state index in [1.54, 1.807) is 0 Å². The molecule has 1 atom stereocenters. The molecule has 0 amide bonds. The summed E-state index contributed by atoms with van der Waals surface area (Å²) < 4.78 is 7.47. The molecule has 1 unspecified atom stereocenters. The van der Waals surface area contributed by atoms with Crippen molar-refractivity contribution in [2.45, 2.75) is 45.8 Å². The summed E-state index contributed by atoms with van der Waals surface area (Å²) in [6.45, 7) is 9.90. The molecule has 1 aromatic heterocycles. The molecule has 0 radical (unpaired) electrons. The third kappa shape index (κ3) is 6.11. The van der Waals surface area contributed by atoms with Crippen LogP contribution in [0, 0.1) is 5.92 Å². The Morgan fingerprint density at radius 3 is 3.10 bits per heavy atom. The molecule has 2 rings (SSSR count). The Bertz CT molecular complexity index is 401. The SMILES string of the molecule is CC(C)NCc1cn(CCN(C)CC2CCCOC2)nn1. The molecule has 1 N–H and O–H groups in total. The van der Waals surface area contributed by atoms with Crippen molar-refractivity contribution in [3.8, 4) is 0 Å². The summed E-state index contributed by atoms with van der Waals surface area (Å²) in [5, 5.41) is 11.7. The second kappa shape index (κ2) is 8.46. The highest BCUT2D eigenvalue weighted by atomic mass is 16.5. The molecule has 0 bridgehead atoms. The zero-order valence-electron chi connectivity index (χ0n) is 13.6. The fourth-order valence-electron chi connectivity index (χ4n) is 2.59.